The van der Waals surface area contributed by atoms with Crippen LogP contribution in [0, 0.1) is 0 Å². The van der Waals surface area contributed by atoms with Gasteiger partial charge in [0.2, 0.25) is 0 Å². The molecule has 0 fully saturated rings. The molecule has 0 saturated carbocycles. The molecule has 0 amide bonds. The molecule has 0 spiro atoms. The van der Waals surface area contributed by atoms with Gasteiger partial charge in [0.15, 0.2) is 0 Å². The van der Waals surface area contributed by atoms with Gasteiger partial charge in [0.25, 0.3) is 0 Å². The van der Waals surface area contributed by atoms with E-state index < -0.39 is 5.97 Å². The summed E-state index contributed by atoms with van der Waals surface area (Å²) in [6.07, 6.45) is -0.164. The molecule has 1 N–H and O–H groups in total. The lowest BCUT2D eigenvalue weighted by Crippen LogP contribution is -2.04. The molecule has 4 rings (SSSR count). The first-order chi connectivity index (χ1) is 14.0. The lowest BCUT2D eigenvalue weighted by molar-refractivity contribution is -0.136. The van der Waals surface area contributed by atoms with Crippen molar-refractivity contribution in [2.24, 2.45) is 0 Å². The zero-order chi connectivity index (χ0) is 20.4. The lowest BCUT2D eigenvalue weighted by Gasteiger charge is -2.10. The number of aromatic nitrogens is 2. The second-order valence-electron chi connectivity index (χ2n) is 6.51. The van der Waals surface area contributed by atoms with Gasteiger partial charge in [0.05, 0.1) is 23.5 Å². The Morgan fingerprint density at radius 2 is 1.38 bits per heavy atom. The molecule has 6 heteroatoms. The van der Waals surface area contributed by atoms with Crippen molar-refractivity contribution in [1.29, 1.82) is 0 Å². The van der Waals surface area contributed by atoms with Gasteiger partial charge in [0, 0.05) is 26.7 Å². The van der Waals surface area contributed by atoms with Gasteiger partial charge in [-0.25, -0.2) is 4.68 Å². The van der Waals surface area contributed by atoms with E-state index >= 15 is 0 Å². The van der Waals surface area contributed by atoms with Crippen LogP contribution in [0.15, 0.2) is 78.9 Å². The van der Waals surface area contributed by atoms with E-state index in [1.807, 2.05) is 54.6 Å². The molecule has 144 valence electrons. The number of carboxylic acids is 1. The maximum atomic E-state index is 11.7. The number of benzene rings is 3. The fourth-order valence-corrected chi connectivity index (χ4v) is 3.52. The first-order valence-electron chi connectivity index (χ1n) is 8.94. The van der Waals surface area contributed by atoms with Crippen molar-refractivity contribution in [3.63, 3.8) is 0 Å². The fraction of sp³-hybridized carbons (Fsp3) is 0.0435. The minimum absolute atomic E-state index is 0.164. The summed E-state index contributed by atoms with van der Waals surface area (Å²) < 4.78 is 1.78. The van der Waals surface area contributed by atoms with Crippen LogP contribution >= 0.6 is 23.2 Å². The Hall–Kier alpha value is -3.08. The minimum atomic E-state index is -0.928. The molecule has 0 aliphatic rings. The largest absolute Gasteiger partial charge is 0.481 e. The molecule has 0 atom stereocenters. The van der Waals surface area contributed by atoms with E-state index in [0.29, 0.717) is 21.3 Å². The first-order valence-corrected chi connectivity index (χ1v) is 9.69. The maximum Gasteiger partial charge on any atom is 0.307 e. The second kappa shape index (κ2) is 8.11. The van der Waals surface area contributed by atoms with Crippen molar-refractivity contribution in [3.8, 4) is 28.2 Å². The molecule has 0 aliphatic heterocycles. The maximum absolute atomic E-state index is 11.7. The molecule has 1 aromatic heterocycles. The van der Waals surface area contributed by atoms with Gasteiger partial charge in [-0.3, -0.25) is 4.79 Å². The average Bonchev–Trinajstić information content (AvgIpc) is 3.08. The summed E-state index contributed by atoms with van der Waals surface area (Å²) in [4.78, 5) is 11.7. The van der Waals surface area contributed by atoms with Gasteiger partial charge in [-0.1, -0.05) is 65.7 Å². The standard InChI is InChI=1S/C23H16Cl2N2O2/c24-17-10-6-15(7-11-17)22-20(14-21(28)29)23(16-8-12-18(25)13-9-16)27(26-22)19-4-2-1-3-5-19/h1-13H,14H2,(H,28,29). The Kier molecular flexibility index (Phi) is 5.38. The van der Waals surface area contributed by atoms with Crippen LogP contribution in [0.5, 0.6) is 0 Å². The fourth-order valence-electron chi connectivity index (χ4n) is 3.27. The van der Waals surface area contributed by atoms with Gasteiger partial charge >= 0.3 is 5.97 Å². The summed E-state index contributed by atoms with van der Waals surface area (Å²) >= 11 is 12.1. The number of halogens is 2. The molecule has 1 heterocycles. The highest BCUT2D eigenvalue weighted by molar-refractivity contribution is 6.30. The van der Waals surface area contributed by atoms with Crippen LogP contribution in [-0.2, 0) is 11.2 Å². The van der Waals surface area contributed by atoms with Crippen LogP contribution < -0.4 is 0 Å². The van der Waals surface area contributed by atoms with Crippen LogP contribution in [0.3, 0.4) is 0 Å². The topological polar surface area (TPSA) is 55.1 Å². The molecule has 0 unspecified atom stereocenters. The van der Waals surface area contributed by atoms with E-state index in [0.717, 1.165) is 22.5 Å². The Balaban J connectivity index is 2.02. The molecule has 0 saturated heterocycles. The van der Waals surface area contributed by atoms with Crippen molar-refractivity contribution in [1.82, 2.24) is 9.78 Å². The molecule has 4 aromatic rings. The molecule has 0 aliphatic carbocycles. The van der Waals surface area contributed by atoms with Gasteiger partial charge in [0.1, 0.15) is 0 Å². The highest BCUT2D eigenvalue weighted by Gasteiger charge is 2.23. The monoisotopic (exact) mass is 422 g/mol. The van der Waals surface area contributed by atoms with Gasteiger partial charge in [-0.15, -0.1) is 0 Å². The van der Waals surface area contributed by atoms with Crippen molar-refractivity contribution >= 4 is 29.2 Å². The minimum Gasteiger partial charge on any atom is -0.481 e. The highest BCUT2D eigenvalue weighted by Crippen LogP contribution is 2.35. The van der Waals surface area contributed by atoms with E-state index in [-0.39, 0.29) is 6.42 Å². The zero-order valence-corrected chi connectivity index (χ0v) is 16.7. The van der Waals surface area contributed by atoms with E-state index in [4.69, 9.17) is 28.3 Å². The number of nitrogens with zero attached hydrogens (tertiary/aromatic N) is 2. The van der Waals surface area contributed by atoms with E-state index in [9.17, 15) is 9.90 Å². The summed E-state index contributed by atoms with van der Waals surface area (Å²) in [7, 11) is 0. The van der Waals surface area contributed by atoms with Gasteiger partial charge < -0.3 is 5.11 Å². The van der Waals surface area contributed by atoms with Gasteiger partial charge in [-0.05, 0) is 36.4 Å². The molecule has 0 radical (unpaired) electrons. The normalized spacial score (nSPS) is 10.8. The molecular formula is C23H16Cl2N2O2. The summed E-state index contributed by atoms with van der Waals surface area (Å²) in [6, 6.07) is 24.2. The predicted octanol–water partition coefficient (Wildman–Crippen LogP) is 6.14. The van der Waals surface area contributed by atoms with Crippen molar-refractivity contribution < 1.29 is 9.90 Å². The Morgan fingerprint density at radius 3 is 1.93 bits per heavy atom. The van der Waals surface area contributed by atoms with Crippen molar-refractivity contribution in [3.05, 3.63) is 94.5 Å². The smallest absolute Gasteiger partial charge is 0.307 e. The third-order valence-electron chi connectivity index (χ3n) is 4.55. The Morgan fingerprint density at radius 1 is 0.828 bits per heavy atom. The quantitative estimate of drug-likeness (QED) is 0.420. The predicted molar refractivity (Wildman–Crippen MR) is 116 cm³/mol. The van der Waals surface area contributed by atoms with Crippen molar-refractivity contribution in [2.75, 3.05) is 0 Å². The zero-order valence-electron chi connectivity index (χ0n) is 15.2. The van der Waals surface area contributed by atoms with E-state index in [2.05, 4.69) is 0 Å². The van der Waals surface area contributed by atoms with Crippen LogP contribution in [0.1, 0.15) is 5.56 Å². The Labute approximate surface area is 178 Å². The summed E-state index contributed by atoms with van der Waals surface area (Å²) in [6.45, 7) is 0. The molecule has 3 aromatic carbocycles. The average molecular weight is 423 g/mol. The highest BCUT2D eigenvalue weighted by atomic mass is 35.5. The molecular weight excluding hydrogens is 407 g/mol. The second-order valence-corrected chi connectivity index (χ2v) is 7.38. The number of hydrogen-bond acceptors (Lipinski definition) is 2. The number of carboxylic acid groups (broad SMARTS) is 1. The van der Waals surface area contributed by atoms with Gasteiger partial charge in [-0.2, -0.15) is 5.10 Å². The lowest BCUT2D eigenvalue weighted by atomic mass is 9.99. The summed E-state index contributed by atoms with van der Waals surface area (Å²) in [5, 5.41) is 15.6. The molecule has 0 bridgehead atoms. The number of hydrogen-bond donors (Lipinski definition) is 1. The van der Waals surface area contributed by atoms with Crippen LogP contribution in [0.4, 0.5) is 0 Å². The molecule has 4 nitrogen and oxygen atoms in total. The third-order valence-corrected chi connectivity index (χ3v) is 5.05. The first kappa shape index (κ1) is 19.2. The number of aliphatic carboxylic acids is 1. The van der Waals surface area contributed by atoms with Crippen LogP contribution in [-0.4, -0.2) is 20.9 Å². The van der Waals surface area contributed by atoms with Crippen LogP contribution in [0.25, 0.3) is 28.2 Å². The number of rotatable bonds is 5. The Bertz CT molecular complexity index is 1150. The number of para-hydroxylation sites is 1. The third kappa shape index (κ3) is 4.04. The summed E-state index contributed by atoms with van der Waals surface area (Å²) in [5.74, 6) is -0.928. The van der Waals surface area contributed by atoms with E-state index in [1.54, 1.807) is 28.9 Å². The van der Waals surface area contributed by atoms with Crippen molar-refractivity contribution in [2.45, 2.75) is 6.42 Å². The number of carbonyl (C=O) groups is 1. The molecule has 29 heavy (non-hydrogen) atoms. The SMILES string of the molecule is O=C(O)Cc1c(-c2ccc(Cl)cc2)nn(-c2ccccc2)c1-c1ccc(Cl)cc1. The van der Waals surface area contributed by atoms with E-state index in [1.165, 1.54) is 0 Å². The summed E-state index contributed by atoms with van der Waals surface area (Å²) in [5.41, 5.74) is 4.44. The van der Waals surface area contributed by atoms with Crippen LogP contribution in [0.2, 0.25) is 10.0 Å².